The molecule has 0 fully saturated rings. The average molecular weight is 315 g/mol. The summed E-state index contributed by atoms with van der Waals surface area (Å²) in [5.74, 6) is -0.400. The minimum Gasteiger partial charge on any atom is -0.392 e. The lowest BCUT2D eigenvalue weighted by Gasteiger charge is -2.08. The third-order valence-electron chi connectivity index (χ3n) is 2.05. The predicted molar refractivity (Wildman–Crippen MR) is 66.1 cm³/mol. The number of nitrogens with one attached hydrogen (secondary N) is 1. The molecule has 1 rings (SSSR count). The van der Waals surface area contributed by atoms with Gasteiger partial charge in [0, 0.05) is 12.3 Å². The van der Waals surface area contributed by atoms with Crippen molar-refractivity contribution < 1.29 is 26.7 Å². The van der Waals surface area contributed by atoms with Crippen LogP contribution in [0.25, 0.3) is 0 Å². The summed E-state index contributed by atoms with van der Waals surface area (Å²) >= 11 is -0.290. The molecule has 4 nitrogen and oxygen atoms in total. The number of sulfonamides is 1. The number of thioether (sulfide) groups is 1. The van der Waals surface area contributed by atoms with Gasteiger partial charge in [0.1, 0.15) is 0 Å². The normalized spacial score (nSPS) is 12.6. The molecule has 0 saturated heterocycles. The lowest BCUT2D eigenvalue weighted by molar-refractivity contribution is -0.0327. The van der Waals surface area contributed by atoms with Crippen molar-refractivity contribution in [1.82, 2.24) is 4.72 Å². The predicted octanol–water partition coefficient (Wildman–Crippen LogP) is 1.71. The Bertz CT molecular complexity index is 517. The fourth-order valence-corrected chi connectivity index (χ4v) is 2.90. The molecular formula is C10H12F3NO3S2. The summed E-state index contributed by atoms with van der Waals surface area (Å²) in [4.78, 5) is -0.0870. The van der Waals surface area contributed by atoms with Gasteiger partial charge in [-0.2, -0.15) is 13.2 Å². The van der Waals surface area contributed by atoms with Crippen molar-refractivity contribution in [3.63, 3.8) is 0 Å². The minimum atomic E-state index is -4.37. The molecule has 0 aliphatic rings. The molecule has 0 radical (unpaired) electrons. The molecule has 2 N–H and O–H groups in total. The molecule has 0 bridgehead atoms. The molecule has 1 aromatic carbocycles. The summed E-state index contributed by atoms with van der Waals surface area (Å²) in [7, 11) is -3.85. The maximum atomic E-state index is 11.9. The molecule has 19 heavy (non-hydrogen) atoms. The van der Waals surface area contributed by atoms with Crippen molar-refractivity contribution >= 4 is 21.8 Å². The van der Waals surface area contributed by atoms with E-state index in [9.17, 15) is 21.6 Å². The third kappa shape index (κ3) is 5.81. The standard InChI is InChI=1S/C10H12F3NO3S2/c11-10(12,13)18-5-4-14-19(16,17)9-3-1-2-8(6-9)7-15/h1-3,6,14-15H,4-5,7H2. The van der Waals surface area contributed by atoms with Gasteiger partial charge in [0.25, 0.3) is 0 Å². The van der Waals surface area contributed by atoms with Gasteiger partial charge >= 0.3 is 5.51 Å². The second-order valence-electron chi connectivity index (χ2n) is 3.50. The molecule has 0 unspecified atom stereocenters. The Morgan fingerprint density at radius 1 is 1.32 bits per heavy atom. The molecule has 108 valence electrons. The smallest absolute Gasteiger partial charge is 0.392 e. The van der Waals surface area contributed by atoms with Crippen LogP contribution in [0.5, 0.6) is 0 Å². The molecule has 0 saturated carbocycles. The number of hydrogen-bond acceptors (Lipinski definition) is 4. The molecule has 0 heterocycles. The summed E-state index contributed by atoms with van der Waals surface area (Å²) in [5, 5.41) is 8.89. The number of rotatable bonds is 6. The Kier molecular flexibility index (Phi) is 5.65. The van der Waals surface area contributed by atoms with Crippen LogP contribution in [0.4, 0.5) is 13.2 Å². The second-order valence-corrected chi connectivity index (χ2v) is 6.42. The van der Waals surface area contributed by atoms with E-state index >= 15 is 0 Å². The van der Waals surface area contributed by atoms with Gasteiger partial charge in [0.15, 0.2) is 0 Å². The Hall–Kier alpha value is -0.770. The summed E-state index contributed by atoms with van der Waals surface area (Å²) in [6.45, 7) is -0.636. The van der Waals surface area contributed by atoms with Crippen molar-refractivity contribution in [1.29, 1.82) is 0 Å². The highest BCUT2D eigenvalue weighted by Gasteiger charge is 2.27. The number of halogens is 3. The zero-order valence-electron chi connectivity index (χ0n) is 9.64. The summed E-state index contributed by atoms with van der Waals surface area (Å²) < 4.78 is 61.1. The highest BCUT2D eigenvalue weighted by atomic mass is 32.2. The van der Waals surface area contributed by atoms with E-state index in [2.05, 4.69) is 4.72 Å². The van der Waals surface area contributed by atoms with Crippen LogP contribution in [0.2, 0.25) is 0 Å². The molecule has 0 amide bonds. The largest absolute Gasteiger partial charge is 0.441 e. The van der Waals surface area contributed by atoms with Crippen LogP contribution in [0.3, 0.4) is 0 Å². The highest BCUT2D eigenvalue weighted by molar-refractivity contribution is 8.00. The number of aliphatic hydroxyl groups excluding tert-OH is 1. The number of aliphatic hydroxyl groups is 1. The topological polar surface area (TPSA) is 66.4 Å². The van der Waals surface area contributed by atoms with Crippen LogP contribution >= 0.6 is 11.8 Å². The van der Waals surface area contributed by atoms with E-state index in [1.54, 1.807) is 6.07 Å². The average Bonchev–Trinajstić information content (AvgIpc) is 2.34. The van der Waals surface area contributed by atoms with Crippen molar-refractivity contribution in [3.8, 4) is 0 Å². The summed E-state index contributed by atoms with van der Waals surface area (Å²) in [6.07, 6.45) is 0. The Balaban J connectivity index is 2.61. The van der Waals surface area contributed by atoms with Gasteiger partial charge in [-0.1, -0.05) is 12.1 Å². The van der Waals surface area contributed by atoms with Gasteiger partial charge in [-0.3, -0.25) is 0 Å². The van der Waals surface area contributed by atoms with Gasteiger partial charge < -0.3 is 5.11 Å². The molecule has 0 aliphatic carbocycles. The first kappa shape index (κ1) is 16.3. The molecule has 0 spiro atoms. The van der Waals surface area contributed by atoms with Crippen LogP contribution in [0, 0.1) is 0 Å². The van der Waals surface area contributed by atoms with Crippen molar-refractivity contribution in [2.45, 2.75) is 17.0 Å². The number of benzene rings is 1. The van der Waals surface area contributed by atoms with E-state index < -0.39 is 21.3 Å². The van der Waals surface area contributed by atoms with Crippen molar-refractivity contribution in [2.24, 2.45) is 0 Å². The van der Waals surface area contributed by atoms with E-state index in [0.29, 0.717) is 5.56 Å². The van der Waals surface area contributed by atoms with Crippen LogP contribution in [-0.4, -0.2) is 31.3 Å². The van der Waals surface area contributed by atoms with Gasteiger partial charge in [-0.05, 0) is 29.5 Å². The van der Waals surface area contributed by atoms with Crippen molar-refractivity contribution in [3.05, 3.63) is 29.8 Å². The van der Waals surface area contributed by atoms with E-state index in [4.69, 9.17) is 5.11 Å². The fourth-order valence-electron chi connectivity index (χ4n) is 1.24. The third-order valence-corrected chi connectivity index (χ3v) is 4.25. The quantitative estimate of drug-likeness (QED) is 0.784. The second kappa shape index (κ2) is 6.60. The maximum absolute atomic E-state index is 11.9. The zero-order valence-corrected chi connectivity index (χ0v) is 11.3. The SMILES string of the molecule is O=S(=O)(NCCSC(F)(F)F)c1cccc(CO)c1. The Morgan fingerprint density at radius 3 is 2.58 bits per heavy atom. The van der Waals surface area contributed by atoms with E-state index in [0.717, 1.165) is 0 Å². The zero-order chi connectivity index (χ0) is 14.5. The van der Waals surface area contributed by atoms with E-state index in [1.807, 2.05) is 0 Å². The maximum Gasteiger partial charge on any atom is 0.441 e. The molecular weight excluding hydrogens is 303 g/mol. The first-order valence-corrected chi connectivity index (χ1v) is 7.61. The van der Waals surface area contributed by atoms with E-state index in [-0.39, 0.29) is 29.8 Å². The van der Waals surface area contributed by atoms with Crippen LogP contribution in [-0.2, 0) is 16.6 Å². The Morgan fingerprint density at radius 2 is 2.00 bits per heavy atom. The van der Waals surface area contributed by atoms with Crippen LogP contribution < -0.4 is 4.72 Å². The Labute approximate surface area is 113 Å². The highest BCUT2D eigenvalue weighted by Crippen LogP contribution is 2.29. The van der Waals surface area contributed by atoms with E-state index in [1.165, 1.54) is 18.2 Å². The molecule has 0 aliphatic heterocycles. The number of hydrogen-bond donors (Lipinski definition) is 2. The van der Waals surface area contributed by atoms with Crippen molar-refractivity contribution in [2.75, 3.05) is 12.3 Å². The molecule has 9 heteroatoms. The van der Waals surface area contributed by atoms with Gasteiger partial charge in [-0.25, -0.2) is 13.1 Å². The fraction of sp³-hybridized carbons (Fsp3) is 0.400. The van der Waals surface area contributed by atoms with Crippen LogP contribution in [0.15, 0.2) is 29.2 Å². The first-order chi connectivity index (χ1) is 8.74. The first-order valence-electron chi connectivity index (χ1n) is 5.15. The molecule has 0 atom stereocenters. The summed E-state index contributed by atoms with van der Waals surface area (Å²) in [6, 6.07) is 5.56. The molecule has 1 aromatic rings. The van der Waals surface area contributed by atoms with Gasteiger partial charge in [0.2, 0.25) is 10.0 Å². The monoisotopic (exact) mass is 315 g/mol. The lowest BCUT2D eigenvalue weighted by atomic mass is 10.2. The van der Waals surface area contributed by atoms with Gasteiger partial charge in [-0.15, -0.1) is 0 Å². The lowest BCUT2D eigenvalue weighted by Crippen LogP contribution is -2.26. The minimum absolute atomic E-state index is 0.0870. The van der Waals surface area contributed by atoms with Crippen LogP contribution in [0.1, 0.15) is 5.56 Å². The number of alkyl halides is 3. The summed E-state index contributed by atoms with van der Waals surface area (Å²) in [5.41, 5.74) is -3.96. The van der Waals surface area contributed by atoms with Gasteiger partial charge in [0.05, 0.1) is 11.5 Å². The molecule has 0 aromatic heterocycles.